The fourth-order valence-corrected chi connectivity index (χ4v) is 1.66. The molecule has 0 aromatic heterocycles. The molecule has 0 N–H and O–H groups in total. The molecule has 0 aromatic rings. The van der Waals surface area contributed by atoms with Crippen LogP contribution in [-0.2, 0) is 33.2 Å². The van der Waals surface area contributed by atoms with E-state index >= 15 is 0 Å². The highest BCUT2D eigenvalue weighted by Crippen LogP contribution is 1.97. The first kappa shape index (κ1) is 53.9. The van der Waals surface area contributed by atoms with E-state index in [1.807, 2.05) is 20.8 Å². The van der Waals surface area contributed by atoms with E-state index in [2.05, 4.69) is 37.2 Å². The van der Waals surface area contributed by atoms with Crippen LogP contribution in [0.4, 0.5) is 0 Å². The summed E-state index contributed by atoms with van der Waals surface area (Å²) in [5.74, 6) is 0. The smallest absolute Gasteiger partial charge is 0.0515 e. The van der Waals surface area contributed by atoms with E-state index < -0.39 is 0 Å². The molecule has 0 unspecified atom stereocenters. The summed E-state index contributed by atoms with van der Waals surface area (Å²) in [6, 6.07) is 0. The molecule has 7 nitrogen and oxygen atoms in total. The maximum absolute atomic E-state index is 4.89. The summed E-state index contributed by atoms with van der Waals surface area (Å²) in [7, 11) is 13.6. The van der Waals surface area contributed by atoms with Crippen molar-refractivity contribution in [2.24, 2.45) is 0 Å². The van der Waals surface area contributed by atoms with E-state index in [1.54, 1.807) is 56.9 Å². The highest BCUT2D eigenvalue weighted by atomic mass is 16.5. The Morgan fingerprint density at radius 2 is 0.684 bits per heavy atom. The van der Waals surface area contributed by atoms with Gasteiger partial charge in [-0.15, -0.1) is 0 Å². The molecule has 242 valence electrons. The summed E-state index contributed by atoms with van der Waals surface area (Å²) in [5.41, 5.74) is 0. The molecule has 38 heavy (non-hydrogen) atoms. The van der Waals surface area contributed by atoms with Gasteiger partial charge >= 0.3 is 0 Å². The first-order valence-electron chi connectivity index (χ1n) is 14.6. The standard InChI is InChI=1S/C7H16O.C6H14O.C5H12O.2C4H10O.C3H8O.C2H6O/c1-3-4-5-6-7-8-2;1-3-4-5-6-7-2;1-3-4-5-6-2;1-4(2)5-3;1-3-4-5-2;1-3-4-2;1-3-2/h3-7H2,1-2H3;3-6H2,1-2H3;3-5H2,1-2H3;4H,1-3H3;3-4H2,1-2H3;3H2,1-2H3;1-2H3. The van der Waals surface area contributed by atoms with E-state index in [4.69, 9.17) is 23.7 Å². The third-order valence-electron chi connectivity index (χ3n) is 4.02. The zero-order valence-electron chi connectivity index (χ0n) is 29.0. The molecule has 0 aliphatic rings. The summed E-state index contributed by atoms with van der Waals surface area (Å²) in [6.45, 7) is 19.1. The Labute approximate surface area is 242 Å². The lowest BCUT2D eigenvalue weighted by Crippen LogP contribution is -1.94. The summed E-state index contributed by atoms with van der Waals surface area (Å²) in [6.07, 6.45) is 12.9. The van der Waals surface area contributed by atoms with Crippen LogP contribution in [0.15, 0.2) is 0 Å². The third kappa shape index (κ3) is 154. The topological polar surface area (TPSA) is 64.6 Å². The van der Waals surface area contributed by atoms with Crippen molar-refractivity contribution in [2.75, 3.05) is 89.9 Å². The first-order valence-corrected chi connectivity index (χ1v) is 14.6. The van der Waals surface area contributed by atoms with Gasteiger partial charge < -0.3 is 33.2 Å². The van der Waals surface area contributed by atoms with Gasteiger partial charge in [0.15, 0.2) is 0 Å². The molecule has 0 radical (unpaired) electrons. The molecule has 0 heterocycles. The highest BCUT2D eigenvalue weighted by molar-refractivity contribution is 4.37. The van der Waals surface area contributed by atoms with Gasteiger partial charge in [-0.2, -0.15) is 0 Å². The quantitative estimate of drug-likeness (QED) is 0.175. The lowest BCUT2D eigenvalue weighted by atomic mass is 10.2. The van der Waals surface area contributed by atoms with Crippen LogP contribution in [0.25, 0.3) is 0 Å². The molecule has 0 aliphatic carbocycles. The van der Waals surface area contributed by atoms with E-state index in [9.17, 15) is 0 Å². The average Bonchev–Trinajstić information content (AvgIpc) is 2.93. The fourth-order valence-electron chi connectivity index (χ4n) is 1.66. The van der Waals surface area contributed by atoms with Crippen molar-refractivity contribution in [2.45, 2.75) is 119 Å². The molecular weight excluding hydrogens is 484 g/mol. The zero-order chi connectivity index (χ0) is 31.1. The van der Waals surface area contributed by atoms with E-state index in [0.29, 0.717) is 6.10 Å². The minimum atomic E-state index is 0.384. The minimum absolute atomic E-state index is 0.384. The van der Waals surface area contributed by atoms with Crippen LogP contribution >= 0.6 is 0 Å². The molecule has 0 saturated heterocycles. The molecule has 0 spiro atoms. The molecule has 0 fully saturated rings. The lowest BCUT2D eigenvalue weighted by Gasteiger charge is -1.95. The Morgan fingerprint density at radius 3 is 0.868 bits per heavy atom. The van der Waals surface area contributed by atoms with Crippen molar-refractivity contribution in [3.8, 4) is 0 Å². The SMILES string of the molecule is CCCCCCOC.CCCCCOC.CCCCOC.CCCOC.CCOC.COC.COC(C)C. The van der Waals surface area contributed by atoms with Crippen molar-refractivity contribution >= 4 is 0 Å². The number of methoxy groups -OCH3 is 7. The Hall–Kier alpha value is -0.280. The molecule has 0 saturated carbocycles. The second-order valence-electron chi connectivity index (χ2n) is 8.36. The molecule has 0 aromatic carbocycles. The van der Waals surface area contributed by atoms with Crippen LogP contribution in [0.1, 0.15) is 113 Å². The Morgan fingerprint density at radius 1 is 0.395 bits per heavy atom. The fraction of sp³-hybridized carbons (Fsp3) is 1.00. The Bertz CT molecular complexity index is 238. The molecule has 7 heteroatoms. The van der Waals surface area contributed by atoms with E-state index in [1.165, 1.54) is 57.8 Å². The molecule has 0 atom stereocenters. The maximum atomic E-state index is 4.89. The van der Waals surface area contributed by atoms with Crippen molar-refractivity contribution in [1.29, 1.82) is 0 Å². The van der Waals surface area contributed by atoms with Crippen molar-refractivity contribution in [3.63, 3.8) is 0 Å². The first-order chi connectivity index (χ1) is 18.3. The van der Waals surface area contributed by atoms with Gasteiger partial charge in [-0.1, -0.05) is 66.2 Å². The van der Waals surface area contributed by atoms with Gasteiger partial charge in [-0.25, -0.2) is 0 Å². The third-order valence-corrected chi connectivity index (χ3v) is 4.02. The predicted octanol–water partition coefficient (Wildman–Crippen LogP) is 8.47. The van der Waals surface area contributed by atoms with Crippen molar-refractivity contribution in [3.05, 3.63) is 0 Å². The number of ether oxygens (including phenoxy) is 7. The normalized spacial score (nSPS) is 8.84. The summed E-state index contributed by atoms with van der Waals surface area (Å²) >= 11 is 0. The second kappa shape index (κ2) is 76.7. The van der Waals surface area contributed by atoms with Crippen LogP contribution < -0.4 is 0 Å². The van der Waals surface area contributed by atoms with Crippen molar-refractivity contribution < 1.29 is 33.2 Å². The average molecular weight is 561 g/mol. The molecule has 0 bridgehead atoms. The summed E-state index contributed by atoms with van der Waals surface area (Å²) in [5, 5.41) is 0. The number of hydrogen-bond acceptors (Lipinski definition) is 7. The summed E-state index contributed by atoms with van der Waals surface area (Å²) in [4.78, 5) is 0. The van der Waals surface area contributed by atoms with Crippen molar-refractivity contribution in [1.82, 2.24) is 0 Å². The molecule has 0 aliphatic heterocycles. The van der Waals surface area contributed by atoms with E-state index in [0.717, 1.165) is 39.5 Å². The number of rotatable bonds is 16. The van der Waals surface area contributed by atoms with Crippen LogP contribution in [0.5, 0.6) is 0 Å². The van der Waals surface area contributed by atoms with Crippen LogP contribution in [0.3, 0.4) is 0 Å². The van der Waals surface area contributed by atoms with E-state index in [-0.39, 0.29) is 0 Å². The van der Waals surface area contributed by atoms with Crippen LogP contribution in [0.2, 0.25) is 0 Å². The number of unbranched alkanes of at least 4 members (excludes halogenated alkanes) is 6. The number of hydrogen-bond donors (Lipinski definition) is 0. The second-order valence-corrected chi connectivity index (χ2v) is 8.36. The van der Waals surface area contributed by atoms with Crippen LogP contribution in [-0.4, -0.2) is 96.0 Å². The van der Waals surface area contributed by atoms with Crippen LogP contribution in [0, 0.1) is 0 Å². The Kier molecular flexibility index (Phi) is 109. The van der Waals surface area contributed by atoms with Gasteiger partial charge in [0.05, 0.1) is 6.10 Å². The van der Waals surface area contributed by atoms with Gasteiger partial charge in [-0.05, 0) is 46.5 Å². The lowest BCUT2D eigenvalue weighted by molar-refractivity contribution is 0.134. The Balaban J connectivity index is -0.0000000602. The highest BCUT2D eigenvalue weighted by Gasteiger charge is 1.83. The largest absolute Gasteiger partial charge is 0.388 e. The van der Waals surface area contributed by atoms with Gasteiger partial charge in [0, 0.05) is 89.9 Å². The molecule has 0 amide bonds. The predicted molar refractivity (Wildman–Crippen MR) is 169 cm³/mol. The van der Waals surface area contributed by atoms with Gasteiger partial charge in [0.2, 0.25) is 0 Å². The van der Waals surface area contributed by atoms with Gasteiger partial charge in [0.25, 0.3) is 0 Å². The zero-order valence-corrected chi connectivity index (χ0v) is 29.0. The molecule has 0 rings (SSSR count). The maximum Gasteiger partial charge on any atom is 0.0515 e. The monoisotopic (exact) mass is 561 g/mol. The minimum Gasteiger partial charge on any atom is -0.388 e. The van der Waals surface area contributed by atoms with Gasteiger partial charge in [0.1, 0.15) is 0 Å². The summed E-state index contributed by atoms with van der Waals surface area (Å²) < 4.78 is 32.7. The molecular formula is C31H76O7. The van der Waals surface area contributed by atoms with Gasteiger partial charge in [-0.3, -0.25) is 0 Å².